The zero-order valence-corrected chi connectivity index (χ0v) is 11.8. The molecule has 108 valence electrons. The largest absolute Gasteiger partial charge is 0.491 e. The van der Waals surface area contributed by atoms with E-state index in [2.05, 4.69) is 23.5 Å². The van der Waals surface area contributed by atoms with Gasteiger partial charge in [0.1, 0.15) is 12.4 Å². The van der Waals surface area contributed by atoms with Gasteiger partial charge in [0, 0.05) is 12.1 Å². The smallest absolute Gasteiger partial charge is 0.123 e. The van der Waals surface area contributed by atoms with Gasteiger partial charge in [-0.05, 0) is 43.2 Å². The number of nitrogens with one attached hydrogen (secondary N) is 1. The lowest BCUT2D eigenvalue weighted by molar-refractivity contribution is 0.200. The molecule has 0 amide bonds. The normalized spacial score (nSPS) is 27.1. The maximum Gasteiger partial charge on any atom is 0.123 e. The highest BCUT2D eigenvalue weighted by Crippen LogP contribution is 2.42. The van der Waals surface area contributed by atoms with Gasteiger partial charge in [0.25, 0.3) is 0 Å². The van der Waals surface area contributed by atoms with E-state index in [1.807, 2.05) is 18.2 Å². The average Bonchev–Trinajstić information content (AvgIpc) is 3.09. The zero-order valence-electron chi connectivity index (χ0n) is 11.8. The molecule has 3 atom stereocenters. The van der Waals surface area contributed by atoms with Crippen molar-refractivity contribution in [2.24, 2.45) is 17.8 Å². The first-order chi connectivity index (χ1) is 9.86. The second-order valence-corrected chi connectivity index (χ2v) is 5.85. The summed E-state index contributed by atoms with van der Waals surface area (Å²) < 4.78 is 5.56. The maximum absolute atomic E-state index is 8.85. The molecule has 3 nitrogen and oxygen atoms in total. The van der Waals surface area contributed by atoms with Crippen LogP contribution in [0.25, 0.3) is 0 Å². The third-order valence-electron chi connectivity index (χ3n) is 4.46. The Morgan fingerprint density at radius 3 is 2.85 bits per heavy atom. The van der Waals surface area contributed by atoms with Crippen molar-refractivity contribution in [1.29, 1.82) is 0 Å². The van der Waals surface area contributed by atoms with Crippen molar-refractivity contribution < 1.29 is 9.84 Å². The summed E-state index contributed by atoms with van der Waals surface area (Å²) in [4.78, 5) is 0. The Kier molecular flexibility index (Phi) is 4.38. The van der Waals surface area contributed by atoms with Crippen LogP contribution >= 0.6 is 0 Å². The van der Waals surface area contributed by atoms with Gasteiger partial charge in [0.2, 0.25) is 0 Å². The van der Waals surface area contributed by atoms with Crippen molar-refractivity contribution in [1.82, 2.24) is 5.32 Å². The molecular formula is C17H23NO2. The van der Waals surface area contributed by atoms with Crippen molar-refractivity contribution in [3.8, 4) is 5.75 Å². The van der Waals surface area contributed by atoms with Crippen molar-refractivity contribution in [3.63, 3.8) is 0 Å². The van der Waals surface area contributed by atoms with Crippen LogP contribution in [0.4, 0.5) is 0 Å². The van der Waals surface area contributed by atoms with E-state index in [-0.39, 0.29) is 6.61 Å². The summed E-state index contributed by atoms with van der Waals surface area (Å²) in [5, 5.41) is 12.4. The van der Waals surface area contributed by atoms with Crippen LogP contribution in [0.5, 0.6) is 5.75 Å². The van der Waals surface area contributed by atoms with Crippen molar-refractivity contribution in [2.75, 3.05) is 19.8 Å². The molecule has 3 unspecified atom stereocenters. The lowest BCUT2D eigenvalue weighted by atomic mass is 9.93. The lowest BCUT2D eigenvalue weighted by Crippen LogP contribution is -2.25. The monoisotopic (exact) mass is 273 g/mol. The second-order valence-electron chi connectivity index (χ2n) is 5.85. The molecule has 0 spiro atoms. The topological polar surface area (TPSA) is 41.5 Å². The standard InChI is InChI=1S/C17H23NO2/c19-7-8-20-17-4-2-1-3-15(17)11-18-12-16-10-13-5-6-14(16)9-13/h1-6,13-14,16,18-19H,7-12H2. The number of aliphatic hydroxyl groups excluding tert-OH is 1. The molecule has 0 saturated heterocycles. The predicted molar refractivity (Wildman–Crippen MR) is 79.6 cm³/mol. The lowest BCUT2D eigenvalue weighted by Gasteiger charge is -2.19. The van der Waals surface area contributed by atoms with Crippen LogP contribution in [0.1, 0.15) is 18.4 Å². The molecule has 1 saturated carbocycles. The Balaban J connectivity index is 1.49. The minimum atomic E-state index is 0.0548. The summed E-state index contributed by atoms with van der Waals surface area (Å²) in [7, 11) is 0. The van der Waals surface area contributed by atoms with Gasteiger partial charge in [-0.3, -0.25) is 0 Å². The Morgan fingerprint density at radius 2 is 2.10 bits per heavy atom. The molecule has 3 heteroatoms. The molecule has 0 radical (unpaired) electrons. The number of benzene rings is 1. The van der Waals surface area contributed by atoms with Crippen LogP contribution in [-0.2, 0) is 6.54 Å². The first-order valence-electron chi connectivity index (χ1n) is 7.57. The third kappa shape index (κ3) is 3.05. The number of rotatable bonds is 7. The summed E-state index contributed by atoms with van der Waals surface area (Å²) in [5.74, 6) is 3.32. The van der Waals surface area contributed by atoms with E-state index in [1.165, 1.54) is 18.4 Å². The summed E-state index contributed by atoms with van der Waals surface area (Å²) in [5.41, 5.74) is 1.17. The highest BCUT2D eigenvalue weighted by atomic mass is 16.5. The van der Waals surface area contributed by atoms with E-state index in [4.69, 9.17) is 9.84 Å². The molecule has 3 rings (SSSR count). The van der Waals surface area contributed by atoms with Crippen molar-refractivity contribution in [2.45, 2.75) is 19.4 Å². The van der Waals surface area contributed by atoms with Crippen LogP contribution in [0, 0.1) is 17.8 Å². The molecule has 0 aromatic heterocycles. The number of para-hydroxylation sites is 1. The molecule has 20 heavy (non-hydrogen) atoms. The first kappa shape index (κ1) is 13.7. The van der Waals surface area contributed by atoms with Crippen molar-refractivity contribution >= 4 is 0 Å². The first-order valence-corrected chi connectivity index (χ1v) is 7.57. The summed E-state index contributed by atoms with van der Waals surface area (Å²) in [6, 6.07) is 8.05. The van der Waals surface area contributed by atoms with Gasteiger partial charge < -0.3 is 15.2 Å². The quantitative estimate of drug-likeness (QED) is 0.749. The summed E-state index contributed by atoms with van der Waals surface area (Å²) >= 11 is 0. The minimum Gasteiger partial charge on any atom is -0.491 e. The Morgan fingerprint density at radius 1 is 1.20 bits per heavy atom. The fourth-order valence-electron chi connectivity index (χ4n) is 3.47. The van der Waals surface area contributed by atoms with Gasteiger partial charge in [0.05, 0.1) is 6.61 Å². The molecule has 2 aliphatic carbocycles. The van der Waals surface area contributed by atoms with Crippen molar-refractivity contribution in [3.05, 3.63) is 42.0 Å². The van der Waals surface area contributed by atoms with Gasteiger partial charge in [-0.1, -0.05) is 30.4 Å². The number of ether oxygens (including phenoxy) is 1. The number of fused-ring (bicyclic) bond motifs is 2. The number of hydrogen-bond donors (Lipinski definition) is 2. The minimum absolute atomic E-state index is 0.0548. The third-order valence-corrected chi connectivity index (χ3v) is 4.46. The van der Waals surface area contributed by atoms with Gasteiger partial charge in [-0.15, -0.1) is 0 Å². The zero-order chi connectivity index (χ0) is 13.8. The van der Waals surface area contributed by atoms with Crippen LogP contribution in [-0.4, -0.2) is 24.9 Å². The maximum atomic E-state index is 8.85. The van der Waals surface area contributed by atoms with Gasteiger partial charge in [0.15, 0.2) is 0 Å². The molecule has 2 aliphatic rings. The number of hydrogen-bond acceptors (Lipinski definition) is 3. The van der Waals surface area contributed by atoms with E-state index in [0.717, 1.165) is 36.6 Å². The molecule has 1 aromatic carbocycles. The molecule has 2 bridgehead atoms. The van der Waals surface area contributed by atoms with E-state index < -0.39 is 0 Å². The molecule has 0 heterocycles. The van der Waals surface area contributed by atoms with E-state index in [9.17, 15) is 0 Å². The van der Waals surface area contributed by atoms with Gasteiger partial charge in [-0.2, -0.15) is 0 Å². The van der Waals surface area contributed by atoms with E-state index in [1.54, 1.807) is 0 Å². The number of allylic oxidation sites excluding steroid dienone is 2. The van der Waals surface area contributed by atoms with Gasteiger partial charge in [-0.25, -0.2) is 0 Å². The van der Waals surface area contributed by atoms with E-state index in [0.29, 0.717) is 6.61 Å². The van der Waals surface area contributed by atoms with Crippen LogP contribution < -0.4 is 10.1 Å². The Labute approximate surface area is 120 Å². The summed E-state index contributed by atoms with van der Waals surface area (Å²) in [6.45, 7) is 2.33. The highest BCUT2D eigenvalue weighted by molar-refractivity contribution is 5.33. The Hall–Kier alpha value is -1.32. The fourth-order valence-corrected chi connectivity index (χ4v) is 3.47. The molecule has 0 aliphatic heterocycles. The SMILES string of the molecule is OCCOc1ccccc1CNCC1CC2C=CC1C2. The van der Waals surface area contributed by atoms with Gasteiger partial charge >= 0.3 is 0 Å². The predicted octanol–water partition coefficient (Wildman–Crippen LogP) is 2.36. The average molecular weight is 273 g/mol. The second kappa shape index (κ2) is 6.42. The molecular weight excluding hydrogens is 250 g/mol. The molecule has 2 N–H and O–H groups in total. The summed E-state index contributed by atoms with van der Waals surface area (Å²) in [6.07, 6.45) is 7.50. The van der Waals surface area contributed by atoms with Crippen LogP contribution in [0.15, 0.2) is 36.4 Å². The fraction of sp³-hybridized carbons (Fsp3) is 0.529. The Bertz CT molecular complexity index is 472. The van der Waals surface area contributed by atoms with Crippen LogP contribution in [0.3, 0.4) is 0 Å². The van der Waals surface area contributed by atoms with E-state index >= 15 is 0 Å². The number of aliphatic hydroxyl groups is 1. The molecule has 1 aromatic rings. The molecule has 1 fully saturated rings. The highest BCUT2D eigenvalue weighted by Gasteiger charge is 2.34. The van der Waals surface area contributed by atoms with Crippen LogP contribution in [0.2, 0.25) is 0 Å².